The van der Waals surface area contributed by atoms with Crippen LogP contribution in [0.4, 0.5) is 5.95 Å². The first-order valence-corrected chi connectivity index (χ1v) is 6.69. The summed E-state index contributed by atoms with van der Waals surface area (Å²) in [5, 5.41) is 3.38. The van der Waals surface area contributed by atoms with Crippen molar-refractivity contribution >= 4 is 5.95 Å². The molecular weight excluding hydrogens is 212 g/mol. The molecule has 17 heavy (non-hydrogen) atoms. The van der Waals surface area contributed by atoms with E-state index in [-0.39, 0.29) is 0 Å². The van der Waals surface area contributed by atoms with Crippen LogP contribution in [0.5, 0.6) is 0 Å². The molecule has 1 saturated heterocycles. The van der Waals surface area contributed by atoms with Crippen molar-refractivity contribution in [2.45, 2.75) is 39.3 Å². The van der Waals surface area contributed by atoms with Crippen molar-refractivity contribution < 1.29 is 0 Å². The van der Waals surface area contributed by atoms with Crippen LogP contribution in [0.2, 0.25) is 0 Å². The van der Waals surface area contributed by atoms with Crippen molar-refractivity contribution in [3.63, 3.8) is 0 Å². The van der Waals surface area contributed by atoms with E-state index in [2.05, 4.69) is 46.9 Å². The Balaban J connectivity index is 2.07. The fourth-order valence-corrected chi connectivity index (χ4v) is 2.67. The summed E-state index contributed by atoms with van der Waals surface area (Å²) in [7, 11) is 2.05. The second kappa shape index (κ2) is 5.54. The summed E-state index contributed by atoms with van der Waals surface area (Å²) in [6, 6.07) is 0.586. The number of imidazole rings is 1. The topological polar surface area (TPSA) is 33.1 Å². The molecule has 1 aliphatic heterocycles. The molecule has 1 fully saturated rings. The van der Waals surface area contributed by atoms with Gasteiger partial charge >= 0.3 is 0 Å². The number of hydrogen-bond donors (Lipinski definition) is 1. The maximum Gasteiger partial charge on any atom is 0.205 e. The minimum absolute atomic E-state index is 0.586. The molecule has 1 aliphatic rings. The Bertz CT molecular complexity index is 347. The lowest BCUT2D eigenvalue weighted by Crippen LogP contribution is -2.44. The molecule has 0 aromatic carbocycles. The summed E-state index contributed by atoms with van der Waals surface area (Å²) < 4.78 is 2.23. The maximum absolute atomic E-state index is 4.50. The van der Waals surface area contributed by atoms with E-state index in [9.17, 15) is 0 Å². The predicted molar refractivity (Wildman–Crippen MR) is 71.4 cm³/mol. The Hall–Kier alpha value is -1.03. The van der Waals surface area contributed by atoms with E-state index in [1.54, 1.807) is 0 Å². The van der Waals surface area contributed by atoms with Gasteiger partial charge in [0, 0.05) is 38.1 Å². The van der Waals surface area contributed by atoms with Gasteiger partial charge in [0.2, 0.25) is 5.95 Å². The number of nitrogens with one attached hydrogen (secondary N) is 1. The number of anilines is 1. The quantitative estimate of drug-likeness (QED) is 0.864. The highest BCUT2D eigenvalue weighted by Crippen LogP contribution is 2.23. The lowest BCUT2D eigenvalue weighted by molar-refractivity contribution is 0.330. The molecule has 0 spiro atoms. The Morgan fingerprint density at radius 2 is 2.41 bits per heavy atom. The molecule has 1 aromatic heterocycles. The van der Waals surface area contributed by atoms with Gasteiger partial charge in [-0.15, -0.1) is 0 Å². The first-order valence-electron chi connectivity index (χ1n) is 6.69. The number of hydrogen-bond acceptors (Lipinski definition) is 3. The number of aryl methyl sites for hydroxylation is 1. The van der Waals surface area contributed by atoms with Gasteiger partial charge in [-0.2, -0.15) is 0 Å². The van der Waals surface area contributed by atoms with Gasteiger partial charge in [-0.25, -0.2) is 4.98 Å². The van der Waals surface area contributed by atoms with Crippen LogP contribution in [-0.4, -0.2) is 35.7 Å². The van der Waals surface area contributed by atoms with E-state index < -0.39 is 0 Å². The molecule has 4 heteroatoms. The highest BCUT2D eigenvalue weighted by atomic mass is 15.3. The van der Waals surface area contributed by atoms with Crippen LogP contribution < -0.4 is 10.2 Å². The lowest BCUT2D eigenvalue weighted by Gasteiger charge is -2.36. The van der Waals surface area contributed by atoms with Crippen molar-refractivity contribution in [2.24, 2.45) is 5.92 Å². The Morgan fingerprint density at radius 3 is 3.12 bits per heavy atom. The number of aromatic nitrogens is 2. The molecule has 1 aromatic rings. The molecule has 0 saturated carbocycles. The van der Waals surface area contributed by atoms with Crippen molar-refractivity contribution in [3.05, 3.63) is 12.4 Å². The number of nitrogens with zero attached hydrogens (tertiary/aromatic N) is 3. The van der Waals surface area contributed by atoms with Crippen LogP contribution in [0.25, 0.3) is 0 Å². The predicted octanol–water partition coefficient (Wildman–Crippen LogP) is 1.73. The zero-order valence-electron chi connectivity index (χ0n) is 11.2. The average Bonchev–Trinajstić information content (AvgIpc) is 2.86. The van der Waals surface area contributed by atoms with E-state index in [0.717, 1.165) is 31.5 Å². The molecule has 2 heterocycles. The fraction of sp³-hybridized carbons (Fsp3) is 0.769. The van der Waals surface area contributed by atoms with Crippen molar-refractivity contribution in [3.8, 4) is 0 Å². The third-order valence-electron chi connectivity index (χ3n) is 3.94. The van der Waals surface area contributed by atoms with Crippen LogP contribution >= 0.6 is 0 Å². The van der Waals surface area contributed by atoms with Crippen molar-refractivity contribution in [1.29, 1.82) is 0 Å². The van der Waals surface area contributed by atoms with E-state index in [1.165, 1.54) is 12.8 Å². The summed E-state index contributed by atoms with van der Waals surface area (Å²) in [6.07, 6.45) is 6.57. The van der Waals surface area contributed by atoms with Crippen molar-refractivity contribution in [1.82, 2.24) is 14.9 Å². The third-order valence-corrected chi connectivity index (χ3v) is 3.94. The third kappa shape index (κ3) is 2.63. The first kappa shape index (κ1) is 12.4. The smallest absolute Gasteiger partial charge is 0.205 e. The summed E-state index contributed by atoms with van der Waals surface area (Å²) in [6.45, 7) is 7.71. The van der Waals surface area contributed by atoms with Gasteiger partial charge in [0.15, 0.2) is 0 Å². The number of piperidine rings is 1. The Morgan fingerprint density at radius 1 is 1.59 bits per heavy atom. The van der Waals surface area contributed by atoms with Gasteiger partial charge in [0.25, 0.3) is 0 Å². The van der Waals surface area contributed by atoms with Crippen LogP contribution in [0.3, 0.4) is 0 Å². The first-order chi connectivity index (χ1) is 8.26. The second-order valence-electron chi connectivity index (χ2n) is 4.94. The molecule has 1 N–H and O–H groups in total. The van der Waals surface area contributed by atoms with Gasteiger partial charge in [-0.1, -0.05) is 0 Å². The molecule has 0 bridgehead atoms. The van der Waals surface area contributed by atoms with E-state index in [0.29, 0.717) is 6.04 Å². The molecular formula is C13H24N4. The average molecular weight is 236 g/mol. The van der Waals surface area contributed by atoms with E-state index in [4.69, 9.17) is 0 Å². The van der Waals surface area contributed by atoms with Gasteiger partial charge in [0.1, 0.15) is 0 Å². The summed E-state index contributed by atoms with van der Waals surface area (Å²) in [4.78, 5) is 6.93. The fourth-order valence-electron chi connectivity index (χ4n) is 2.67. The molecule has 4 nitrogen and oxygen atoms in total. The molecule has 2 atom stereocenters. The zero-order chi connectivity index (χ0) is 12.3. The van der Waals surface area contributed by atoms with Crippen LogP contribution in [0.15, 0.2) is 12.4 Å². The minimum Gasteiger partial charge on any atom is -0.342 e. The normalized spacial score (nSPS) is 22.8. The van der Waals surface area contributed by atoms with Crippen LogP contribution in [-0.2, 0) is 6.54 Å². The lowest BCUT2D eigenvalue weighted by atomic mass is 9.92. The van der Waals surface area contributed by atoms with Gasteiger partial charge in [-0.05, 0) is 39.7 Å². The molecule has 96 valence electrons. The largest absolute Gasteiger partial charge is 0.342 e. The SMILES string of the molecule is CCn1ccnc1N1CCCC(C(C)NC)C1. The highest BCUT2D eigenvalue weighted by Gasteiger charge is 2.25. The minimum atomic E-state index is 0.586. The van der Waals surface area contributed by atoms with Crippen LogP contribution in [0, 0.1) is 5.92 Å². The Labute approximate surface area is 104 Å². The highest BCUT2D eigenvalue weighted by molar-refractivity contribution is 5.32. The molecule has 0 amide bonds. The molecule has 0 radical (unpaired) electrons. The molecule has 2 rings (SSSR count). The summed E-state index contributed by atoms with van der Waals surface area (Å²) >= 11 is 0. The molecule has 0 aliphatic carbocycles. The Kier molecular flexibility index (Phi) is 4.05. The summed E-state index contributed by atoms with van der Waals surface area (Å²) in [5.41, 5.74) is 0. The molecule has 2 unspecified atom stereocenters. The monoisotopic (exact) mass is 236 g/mol. The summed E-state index contributed by atoms with van der Waals surface area (Å²) in [5.74, 6) is 1.87. The van der Waals surface area contributed by atoms with Gasteiger partial charge in [-0.3, -0.25) is 0 Å². The second-order valence-corrected chi connectivity index (χ2v) is 4.94. The van der Waals surface area contributed by atoms with Crippen molar-refractivity contribution in [2.75, 3.05) is 25.0 Å². The maximum atomic E-state index is 4.50. The number of rotatable bonds is 4. The van der Waals surface area contributed by atoms with E-state index >= 15 is 0 Å². The van der Waals surface area contributed by atoms with E-state index in [1.807, 2.05) is 6.20 Å². The van der Waals surface area contributed by atoms with Crippen LogP contribution in [0.1, 0.15) is 26.7 Å². The zero-order valence-corrected chi connectivity index (χ0v) is 11.2. The standard InChI is InChI=1S/C13H24N4/c1-4-16-9-7-15-13(16)17-8-5-6-12(10-17)11(2)14-3/h7,9,11-12,14H,4-6,8,10H2,1-3H3. The van der Waals surface area contributed by atoms with Gasteiger partial charge in [0.05, 0.1) is 0 Å². The van der Waals surface area contributed by atoms with Gasteiger partial charge < -0.3 is 14.8 Å².